The van der Waals surface area contributed by atoms with Gasteiger partial charge in [0.05, 0.1) is 25.3 Å². The summed E-state index contributed by atoms with van der Waals surface area (Å²) < 4.78 is 0. The first kappa shape index (κ1) is 29.7. The number of hydrogen-bond donors (Lipinski definition) is 9. The van der Waals surface area contributed by atoms with Crippen molar-refractivity contribution < 1.29 is 48.6 Å². The van der Waals surface area contributed by atoms with E-state index in [1.54, 1.807) is 0 Å². The standard InChI is InChI=1S/C17H27N7O10/c18-6(3-13(28)29)14(30)23-8(4-11(20)26)16(32)22-7(1-2-10(19)25)15(31)24-9(17(33)34)5-12(21)27/h6-9H,1-5,18H2,(H2,19,25)(H2,20,26)(H2,21,27)(H,22,32)(H,23,30)(H,24,31)(H,28,29)(H,33,34). The van der Waals surface area contributed by atoms with Crippen LogP contribution in [0.15, 0.2) is 0 Å². The van der Waals surface area contributed by atoms with Crippen LogP contribution in [-0.4, -0.2) is 81.8 Å². The molecule has 0 saturated carbocycles. The Bertz CT molecular complexity index is 847. The van der Waals surface area contributed by atoms with Crippen LogP contribution in [0.3, 0.4) is 0 Å². The van der Waals surface area contributed by atoms with Crippen LogP contribution in [-0.2, 0) is 38.4 Å². The van der Waals surface area contributed by atoms with Crippen molar-refractivity contribution in [2.75, 3.05) is 0 Å². The van der Waals surface area contributed by atoms with Crippen molar-refractivity contribution in [2.24, 2.45) is 22.9 Å². The van der Waals surface area contributed by atoms with Crippen LogP contribution in [0.5, 0.6) is 0 Å². The Morgan fingerprint density at radius 2 is 1.06 bits per heavy atom. The Kier molecular flexibility index (Phi) is 12.2. The number of primary amides is 3. The molecule has 0 bridgehead atoms. The highest BCUT2D eigenvalue weighted by Crippen LogP contribution is 2.03. The third kappa shape index (κ3) is 11.9. The Labute approximate surface area is 191 Å². The van der Waals surface area contributed by atoms with Crippen molar-refractivity contribution >= 4 is 47.4 Å². The average molecular weight is 489 g/mol. The molecule has 0 rings (SSSR count). The van der Waals surface area contributed by atoms with Crippen LogP contribution in [0.25, 0.3) is 0 Å². The second-order valence-electron chi connectivity index (χ2n) is 7.07. The number of nitrogens with one attached hydrogen (secondary N) is 3. The van der Waals surface area contributed by atoms with E-state index in [9.17, 15) is 38.4 Å². The number of rotatable bonds is 16. The van der Waals surface area contributed by atoms with Gasteiger partial charge in [0, 0.05) is 6.42 Å². The lowest BCUT2D eigenvalue weighted by Gasteiger charge is -2.24. The van der Waals surface area contributed by atoms with E-state index in [-0.39, 0.29) is 0 Å². The minimum atomic E-state index is -1.76. The van der Waals surface area contributed by atoms with E-state index in [0.717, 1.165) is 0 Å². The minimum Gasteiger partial charge on any atom is -0.481 e. The Balaban J connectivity index is 5.63. The summed E-state index contributed by atoms with van der Waals surface area (Å²) in [6.45, 7) is 0. The largest absolute Gasteiger partial charge is 0.481 e. The molecule has 0 radical (unpaired) electrons. The van der Waals surface area contributed by atoms with Gasteiger partial charge in [-0.3, -0.25) is 33.6 Å². The molecule has 6 amide bonds. The SMILES string of the molecule is NC(=O)CCC(NC(=O)C(CC(N)=O)NC(=O)C(N)CC(=O)O)C(=O)NC(CC(N)=O)C(=O)O. The molecule has 0 spiro atoms. The zero-order chi connectivity index (χ0) is 26.6. The predicted octanol–water partition coefficient (Wildman–Crippen LogP) is -5.66. The molecule has 190 valence electrons. The number of hydrogen-bond acceptors (Lipinski definition) is 9. The van der Waals surface area contributed by atoms with Gasteiger partial charge in [-0.1, -0.05) is 0 Å². The first-order valence-corrected chi connectivity index (χ1v) is 9.60. The lowest BCUT2D eigenvalue weighted by Crippen LogP contribution is -2.58. The Morgan fingerprint density at radius 1 is 0.618 bits per heavy atom. The summed E-state index contributed by atoms with van der Waals surface area (Å²) in [7, 11) is 0. The normalized spacial score (nSPS) is 13.9. The second kappa shape index (κ2) is 14.0. The van der Waals surface area contributed by atoms with Gasteiger partial charge in [-0.25, -0.2) is 4.79 Å². The highest BCUT2D eigenvalue weighted by molar-refractivity contribution is 5.97. The Morgan fingerprint density at radius 3 is 1.50 bits per heavy atom. The summed E-state index contributed by atoms with van der Waals surface area (Å²) in [6, 6.07) is -6.64. The Hall–Kier alpha value is -4.28. The van der Waals surface area contributed by atoms with Crippen molar-refractivity contribution in [3.63, 3.8) is 0 Å². The van der Waals surface area contributed by atoms with E-state index >= 15 is 0 Å². The quantitative estimate of drug-likeness (QED) is 0.0983. The van der Waals surface area contributed by atoms with Crippen LogP contribution >= 0.6 is 0 Å². The van der Waals surface area contributed by atoms with Gasteiger partial charge in [0.25, 0.3) is 0 Å². The number of carbonyl (C=O) groups excluding carboxylic acids is 6. The molecule has 4 unspecified atom stereocenters. The topological polar surface area (TPSA) is 317 Å². The zero-order valence-electron chi connectivity index (χ0n) is 17.8. The van der Waals surface area contributed by atoms with Gasteiger partial charge in [0.1, 0.15) is 18.1 Å². The monoisotopic (exact) mass is 489 g/mol. The second-order valence-corrected chi connectivity index (χ2v) is 7.07. The predicted molar refractivity (Wildman–Crippen MR) is 110 cm³/mol. The number of carboxylic acids is 2. The molecule has 0 saturated heterocycles. The summed E-state index contributed by atoms with van der Waals surface area (Å²) in [4.78, 5) is 92.6. The van der Waals surface area contributed by atoms with Gasteiger partial charge in [-0.15, -0.1) is 0 Å². The van der Waals surface area contributed by atoms with E-state index in [1.807, 2.05) is 10.6 Å². The first-order chi connectivity index (χ1) is 15.6. The van der Waals surface area contributed by atoms with Crippen molar-refractivity contribution in [1.82, 2.24) is 16.0 Å². The van der Waals surface area contributed by atoms with Crippen molar-refractivity contribution in [3.8, 4) is 0 Å². The summed E-state index contributed by atoms with van der Waals surface area (Å²) in [5.41, 5.74) is 20.4. The summed E-state index contributed by atoms with van der Waals surface area (Å²) >= 11 is 0. The van der Waals surface area contributed by atoms with Crippen LogP contribution in [0.4, 0.5) is 0 Å². The lowest BCUT2D eigenvalue weighted by molar-refractivity contribution is -0.144. The molecule has 13 N–H and O–H groups in total. The van der Waals surface area contributed by atoms with Gasteiger partial charge < -0.3 is 49.1 Å². The van der Waals surface area contributed by atoms with Gasteiger partial charge in [-0.05, 0) is 6.42 Å². The number of carboxylic acid groups (broad SMARTS) is 2. The molecule has 0 aromatic heterocycles. The van der Waals surface area contributed by atoms with Gasteiger partial charge in [0.15, 0.2) is 0 Å². The van der Waals surface area contributed by atoms with Crippen molar-refractivity contribution in [1.29, 1.82) is 0 Å². The van der Waals surface area contributed by atoms with E-state index in [0.29, 0.717) is 0 Å². The summed E-state index contributed by atoms with van der Waals surface area (Å²) in [5, 5.41) is 23.9. The average Bonchev–Trinajstić information content (AvgIpc) is 2.68. The van der Waals surface area contributed by atoms with E-state index in [1.165, 1.54) is 0 Å². The molecular weight excluding hydrogens is 462 g/mol. The van der Waals surface area contributed by atoms with Crippen LogP contribution in [0.2, 0.25) is 0 Å². The molecule has 17 heteroatoms. The third-order valence-electron chi connectivity index (χ3n) is 4.10. The zero-order valence-corrected chi connectivity index (χ0v) is 17.8. The van der Waals surface area contributed by atoms with Crippen molar-refractivity contribution in [2.45, 2.75) is 56.3 Å². The molecule has 4 atom stereocenters. The molecule has 0 heterocycles. The molecule has 0 aliphatic carbocycles. The molecule has 34 heavy (non-hydrogen) atoms. The lowest BCUT2D eigenvalue weighted by atomic mass is 10.1. The number of carbonyl (C=O) groups is 8. The van der Waals surface area contributed by atoms with Crippen molar-refractivity contribution in [3.05, 3.63) is 0 Å². The summed E-state index contributed by atoms with van der Waals surface area (Å²) in [5.74, 6) is -9.43. The molecule has 0 fully saturated rings. The molecule has 0 aromatic rings. The molecule has 0 aromatic carbocycles. The fourth-order valence-corrected chi connectivity index (χ4v) is 2.47. The molecule has 17 nitrogen and oxygen atoms in total. The maximum absolute atomic E-state index is 12.6. The van der Waals surface area contributed by atoms with Gasteiger partial charge in [-0.2, -0.15) is 0 Å². The maximum Gasteiger partial charge on any atom is 0.326 e. The number of amides is 6. The highest BCUT2D eigenvalue weighted by Gasteiger charge is 2.32. The van der Waals surface area contributed by atoms with Crippen LogP contribution < -0.4 is 38.9 Å². The minimum absolute atomic E-state index is 0.425. The van der Waals surface area contributed by atoms with E-state index in [2.05, 4.69) is 5.32 Å². The van der Waals surface area contributed by atoms with E-state index in [4.69, 9.17) is 33.1 Å². The smallest absolute Gasteiger partial charge is 0.326 e. The summed E-state index contributed by atoms with van der Waals surface area (Å²) in [6.07, 6.45) is -3.22. The fourth-order valence-electron chi connectivity index (χ4n) is 2.47. The van der Waals surface area contributed by atoms with Crippen LogP contribution in [0.1, 0.15) is 32.1 Å². The van der Waals surface area contributed by atoms with Crippen LogP contribution in [0, 0.1) is 0 Å². The maximum atomic E-state index is 12.6. The third-order valence-corrected chi connectivity index (χ3v) is 4.10. The van der Waals surface area contributed by atoms with Gasteiger partial charge >= 0.3 is 11.9 Å². The number of nitrogens with two attached hydrogens (primary N) is 4. The molecular formula is C17H27N7O10. The molecule has 0 aliphatic rings. The number of aliphatic carboxylic acids is 2. The first-order valence-electron chi connectivity index (χ1n) is 9.60. The highest BCUT2D eigenvalue weighted by atomic mass is 16.4. The van der Waals surface area contributed by atoms with Gasteiger partial charge in [0.2, 0.25) is 35.4 Å². The fraction of sp³-hybridized carbons (Fsp3) is 0.529. The van der Waals surface area contributed by atoms with E-state index < -0.39 is 104 Å². The molecule has 0 aliphatic heterocycles.